The molecule has 0 radical (unpaired) electrons. The Morgan fingerprint density at radius 2 is 1.96 bits per heavy atom. The van der Waals surface area contributed by atoms with Gasteiger partial charge in [0, 0.05) is 31.7 Å². The maximum Gasteiger partial charge on any atom is 0.254 e. The van der Waals surface area contributed by atoms with E-state index in [9.17, 15) is 4.79 Å². The van der Waals surface area contributed by atoms with E-state index in [1.807, 2.05) is 4.90 Å². The molecule has 0 saturated carbocycles. The number of aryl methyl sites for hydroxylation is 1. The van der Waals surface area contributed by atoms with Gasteiger partial charge in [0.25, 0.3) is 5.91 Å². The molecule has 1 saturated heterocycles. The van der Waals surface area contributed by atoms with Gasteiger partial charge in [-0.2, -0.15) is 4.80 Å². The summed E-state index contributed by atoms with van der Waals surface area (Å²) in [7, 11) is 1.75. The van der Waals surface area contributed by atoms with Crippen molar-refractivity contribution in [2.24, 2.45) is 7.05 Å². The molecule has 1 aromatic carbocycles. The minimum Gasteiger partial charge on any atom is -0.454 e. The molecule has 1 fully saturated rings. The van der Waals surface area contributed by atoms with Gasteiger partial charge in [0.2, 0.25) is 6.79 Å². The zero-order valence-corrected chi connectivity index (χ0v) is 13.4. The number of benzene rings is 1. The predicted octanol–water partition coefficient (Wildman–Crippen LogP) is -0.103. The summed E-state index contributed by atoms with van der Waals surface area (Å²) in [4.78, 5) is 18.2. The largest absolute Gasteiger partial charge is 0.454 e. The molecule has 0 N–H and O–H groups in total. The Balaban J connectivity index is 1.36. The first-order chi connectivity index (χ1) is 11.7. The van der Waals surface area contributed by atoms with Gasteiger partial charge >= 0.3 is 0 Å². The number of ether oxygens (including phenoxy) is 2. The highest BCUT2D eigenvalue weighted by molar-refractivity contribution is 5.95. The van der Waals surface area contributed by atoms with E-state index >= 15 is 0 Å². The van der Waals surface area contributed by atoms with Crippen LogP contribution >= 0.6 is 0 Å². The van der Waals surface area contributed by atoms with Gasteiger partial charge in [-0.1, -0.05) is 0 Å². The first-order valence-corrected chi connectivity index (χ1v) is 7.83. The van der Waals surface area contributed by atoms with E-state index in [-0.39, 0.29) is 12.7 Å². The minimum atomic E-state index is 0.0191. The van der Waals surface area contributed by atoms with Crippen molar-refractivity contribution in [1.29, 1.82) is 0 Å². The van der Waals surface area contributed by atoms with Crippen LogP contribution in [0.15, 0.2) is 18.2 Å². The van der Waals surface area contributed by atoms with Gasteiger partial charge in [-0.05, 0) is 23.4 Å². The molecule has 126 valence electrons. The molecule has 0 spiro atoms. The molecule has 2 aliphatic heterocycles. The van der Waals surface area contributed by atoms with Crippen LogP contribution in [-0.2, 0) is 13.6 Å². The van der Waals surface area contributed by atoms with Gasteiger partial charge in [-0.3, -0.25) is 9.69 Å². The Morgan fingerprint density at radius 1 is 1.17 bits per heavy atom. The number of rotatable bonds is 3. The van der Waals surface area contributed by atoms with Crippen molar-refractivity contribution in [3.05, 3.63) is 29.6 Å². The number of nitrogens with zero attached hydrogens (tertiary/aromatic N) is 6. The second-order valence-electron chi connectivity index (χ2n) is 5.83. The lowest BCUT2D eigenvalue weighted by Gasteiger charge is -2.34. The lowest BCUT2D eigenvalue weighted by atomic mass is 10.1. The van der Waals surface area contributed by atoms with Crippen LogP contribution < -0.4 is 9.47 Å². The molecular formula is C15H18N6O3. The first kappa shape index (κ1) is 14.9. The van der Waals surface area contributed by atoms with Crippen LogP contribution in [0.1, 0.15) is 16.2 Å². The van der Waals surface area contributed by atoms with E-state index in [0.29, 0.717) is 42.5 Å². The van der Waals surface area contributed by atoms with Crippen LogP contribution in [0.3, 0.4) is 0 Å². The van der Waals surface area contributed by atoms with Crippen LogP contribution in [0.25, 0.3) is 0 Å². The number of hydrogen-bond donors (Lipinski definition) is 0. The van der Waals surface area contributed by atoms with Crippen LogP contribution in [0.5, 0.6) is 11.5 Å². The molecule has 0 atom stereocenters. The monoisotopic (exact) mass is 330 g/mol. The van der Waals surface area contributed by atoms with E-state index in [1.165, 1.54) is 4.80 Å². The number of amides is 1. The van der Waals surface area contributed by atoms with Gasteiger partial charge in [0.15, 0.2) is 17.3 Å². The lowest BCUT2D eigenvalue weighted by molar-refractivity contribution is 0.0625. The molecule has 3 heterocycles. The third-order valence-electron chi connectivity index (χ3n) is 4.19. The summed E-state index contributed by atoms with van der Waals surface area (Å²) in [5.41, 5.74) is 0.628. The van der Waals surface area contributed by atoms with Gasteiger partial charge in [-0.15, -0.1) is 10.2 Å². The Morgan fingerprint density at radius 3 is 2.71 bits per heavy atom. The Hall–Kier alpha value is -2.68. The molecule has 1 aromatic heterocycles. The summed E-state index contributed by atoms with van der Waals surface area (Å²) in [6.07, 6.45) is 0. The third-order valence-corrected chi connectivity index (χ3v) is 4.19. The standard InChI is InChI=1S/C15H18N6O3/c1-19-17-14(16-18-19)9-20-4-6-21(7-5-20)15(22)11-2-3-12-13(8-11)24-10-23-12/h2-3,8H,4-7,9-10H2,1H3. The maximum absolute atomic E-state index is 12.6. The minimum absolute atomic E-state index is 0.0191. The molecule has 0 unspecified atom stereocenters. The molecule has 1 amide bonds. The van der Waals surface area contributed by atoms with E-state index in [0.717, 1.165) is 13.1 Å². The number of hydrogen-bond acceptors (Lipinski definition) is 7. The third kappa shape index (κ3) is 2.90. The number of tetrazole rings is 1. The average Bonchev–Trinajstić information content (AvgIpc) is 3.23. The second-order valence-corrected chi connectivity index (χ2v) is 5.83. The quantitative estimate of drug-likeness (QED) is 0.776. The summed E-state index contributed by atoms with van der Waals surface area (Å²) in [6.45, 7) is 3.78. The first-order valence-electron chi connectivity index (χ1n) is 7.83. The average molecular weight is 330 g/mol. The van der Waals surface area contributed by atoms with Crippen molar-refractivity contribution in [1.82, 2.24) is 30.0 Å². The van der Waals surface area contributed by atoms with Gasteiger partial charge in [0.05, 0.1) is 13.6 Å². The summed E-state index contributed by atoms with van der Waals surface area (Å²) < 4.78 is 10.6. The Bertz CT molecular complexity index is 753. The molecule has 9 heteroatoms. The van der Waals surface area contributed by atoms with E-state index < -0.39 is 0 Å². The highest BCUT2D eigenvalue weighted by Crippen LogP contribution is 2.32. The zero-order valence-electron chi connectivity index (χ0n) is 13.4. The van der Waals surface area contributed by atoms with Crippen molar-refractivity contribution in [2.45, 2.75) is 6.54 Å². The molecule has 0 bridgehead atoms. The van der Waals surface area contributed by atoms with Crippen molar-refractivity contribution < 1.29 is 14.3 Å². The van der Waals surface area contributed by atoms with Crippen LogP contribution in [-0.4, -0.2) is 68.9 Å². The van der Waals surface area contributed by atoms with Crippen molar-refractivity contribution in [2.75, 3.05) is 33.0 Å². The number of aromatic nitrogens is 4. The summed E-state index contributed by atoms with van der Waals surface area (Å²) in [5.74, 6) is 2.04. The van der Waals surface area contributed by atoms with Gasteiger partial charge in [-0.25, -0.2) is 0 Å². The number of carbonyl (C=O) groups is 1. The van der Waals surface area contributed by atoms with Gasteiger partial charge < -0.3 is 14.4 Å². The fourth-order valence-electron chi connectivity index (χ4n) is 2.91. The normalized spacial score (nSPS) is 17.3. The van der Waals surface area contributed by atoms with Crippen molar-refractivity contribution in [3.8, 4) is 11.5 Å². The molecule has 4 rings (SSSR count). The molecule has 9 nitrogen and oxygen atoms in total. The number of piperazine rings is 1. The second kappa shape index (κ2) is 6.08. The van der Waals surface area contributed by atoms with E-state index in [1.54, 1.807) is 25.2 Å². The Kier molecular flexibility index (Phi) is 3.77. The summed E-state index contributed by atoms with van der Waals surface area (Å²) in [6, 6.07) is 5.32. The number of carbonyl (C=O) groups excluding carboxylic acids is 1. The molecular weight excluding hydrogens is 312 g/mol. The van der Waals surface area contributed by atoms with E-state index in [4.69, 9.17) is 9.47 Å². The molecule has 2 aromatic rings. The summed E-state index contributed by atoms with van der Waals surface area (Å²) >= 11 is 0. The topological polar surface area (TPSA) is 85.6 Å². The number of fused-ring (bicyclic) bond motifs is 1. The summed E-state index contributed by atoms with van der Waals surface area (Å²) in [5, 5.41) is 12.0. The van der Waals surface area contributed by atoms with Crippen molar-refractivity contribution >= 4 is 5.91 Å². The fourth-order valence-corrected chi connectivity index (χ4v) is 2.91. The predicted molar refractivity (Wildman–Crippen MR) is 82.5 cm³/mol. The fraction of sp³-hybridized carbons (Fsp3) is 0.467. The highest BCUT2D eigenvalue weighted by Gasteiger charge is 2.24. The van der Waals surface area contributed by atoms with E-state index in [2.05, 4.69) is 20.3 Å². The van der Waals surface area contributed by atoms with Crippen LogP contribution in [0.4, 0.5) is 0 Å². The Labute approximate surface area is 138 Å². The lowest BCUT2D eigenvalue weighted by Crippen LogP contribution is -2.48. The SMILES string of the molecule is Cn1nnc(CN2CCN(C(=O)c3ccc4c(c3)OCO4)CC2)n1. The van der Waals surface area contributed by atoms with Crippen LogP contribution in [0.2, 0.25) is 0 Å². The maximum atomic E-state index is 12.6. The smallest absolute Gasteiger partial charge is 0.254 e. The zero-order chi connectivity index (χ0) is 16.5. The molecule has 24 heavy (non-hydrogen) atoms. The molecule has 0 aliphatic carbocycles. The van der Waals surface area contributed by atoms with Gasteiger partial charge in [0.1, 0.15) is 0 Å². The van der Waals surface area contributed by atoms with Crippen molar-refractivity contribution in [3.63, 3.8) is 0 Å². The highest BCUT2D eigenvalue weighted by atomic mass is 16.7. The van der Waals surface area contributed by atoms with Crippen LogP contribution in [0, 0.1) is 0 Å². The molecule has 2 aliphatic rings.